The molecule has 3 aromatic carbocycles. The number of nitro groups is 1. The molecule has 1 saturated carbocycles. The van der Waals surface area contributed by atoms with Crippen LogP contribution in [-0.4, -0.2) is 55.8 Å². The molecule has 3 aromatic rings. The first kappa shape index (κ1) is 34.7. The van der Waals surface area contributed by atoms with Crippen molar-refractivity contribution in [3.05, 3.63) is 92.5 Å². The fraction of sp³-hybridized carbons (Fsp3) is 0.394. The van der Waals surface area contributed by atoms with E-state index >= 15 is 0 Å². The lowest BCUT2D eigenvalue weighted by molar-refractivity contribution is -0.385. The second-order valence-electron chi connectivity index (χ2n) is 11.5. The first-order chi connectivity index (χ1) is 21.8. The Labute approximate surface area is 274 Å². The predicted molar refractivity (Wildman–Crippen MR) is 177 cm³/mol. The number of nitro benzene ring substituents is 1. The molecular weight excluding hydrogens is 632 g/mol. The molecule has 1 aliphatic rings. The van der Waals surface area contributed by atoms with Gasteiger partial charge in [-0.25, -0.2) is 8.42 Å². The first-order valence-electron chi connectivity index (χ1n) is 15.1. The molecule has 0 aliphatic heterocycles. The molecule has 0 heterocycles. The summed E-state index contributed by atoms with van der Waals surface area (Å²) in [5.74, 6) is -0.893. The van der Waals surface area contributed by atoms with Crippen LogP contribution in [0.2, 0.25) is 5.02 Å². The summed E-state index contributed by atoms with van der Waals surface area (Å²) in [4.78, 5) is 39.9. The largest absolute Gasteiger partial charge is 0.495 e. The van der Waals surface area contributed by atoms with Crippen LogP contribution in [0.3, 0.4) is 0 Å². The van der Waals surface area contributed by atoms with Gasteiger partial charge in [0, 0.05) is 29.2 Å². The highest BCUT2D eigenvalue weighted by atomic mass is 35.5. The van der Waals surface area contributed by atoms with Gasteiger partial charge in [-0.1, -0.05) is 61.2 Å². The van der Waals surface area contributed by atoms with E-state index in [-0.39, 0.29) is 46.2 Å². The molecule has 1 aliphatic carbocycles. The summed E-state index contributed by atoms with van der Waals surface area (Å²) in [6, 6.07) is 14.4. The van der Waals surface area contributed by atoms with Crippen LogP contribution >= 0.6 is 11.6 Å². The number of anilines is 1. The molecule has 0 bridgehead atoms. The molecular formula is C33H39ClN4O7S. The van der Waals surface area contributed by atoms with Crippen molar-refractivity contribution in [2.24, 2.45) is 0 Å². The highest BCUT2D eigenvalue weighted by Crippen LogP contribution is 2.36. The van der Waals surface area contributed by atoms with Crippen LogP contribution in [0.15, 0.2) is 65.6 Å². The van der Waals surface area contributed by atoms with Crippen molar-refractivity contribution in [1.29, 1.82) is 0 Å². The van der Waals surface area contributed by atoms with Crippen LogP contribution in [0, 0.1) is 24.0 Å². The van der Waals surface area contributed by atoms with E-state index in [1.807, 2.05) is 31.2 Å². The molecule has 46 heavy (non-hydrogen) atoms. The van der Waals surface area contributed by atoms with Crippen molar-refractivity contribution in [2.45, 2.75) is 76.4 Å². The van der Waals surface area contributed by atoms with Crippen LogP contribution in [-0.2, 0) is 26.2 Å². The number of carbonyl (C=O) groups is 2. The molecule has 0 aromatic heterocycles. The maximum atomic E-state index is 14.3. The Hall–Kier alpha value is -4.16. The van der Waals surface area contributed by atoms with Crippen LogP contribution in [0.4, 0.5) is 11.4 Å². The molecule has 2 amide bonds. The van der Waals surface area contributed by atoms with E-state index in [4.69, 9.17) is 16.3 Å². The molecule has 1 N–H and O–H groups in total. The number of hydrogen-bond acceptors (Lipinski definition) is 7. The third-order valence-corrected chi connectivity index (χ3v) is 10.4. The standard InChI is InChI=1S/C33H39ClN4O7S/c1-22-10-8-9-11-25(22)20-36(24(3)33(40)35-27-12-6-5-7-13-27)32(39)21-37(30-18-26(34)15-17-31(30)45-4)46(43,44)28-16-14-23(2)29(19-28)38(41)42/h8-11,14-19,24,27H,5-7,12-13,20-21H2,1-4H3,(H,35,40)/t24-/m0/s1. The quantitative estimate of drug-likeness (QED) is 0.186. The van der Waals surface area contributed by atoms with Gasteiger partial charge in [0.15, 0.2) is 0 Å². The van der Waals surface area contributed by atoms with E-state index in [2.05, 4.69) is 5.32 Å². The lowest BCUT2D eigenvalue weighted by Crippen LogP contribution is -2.53. The number of benzene rings is 3. The number of nitrogens with one attached hydrogen (secondary N) is 1. The smallest absolute Gasteiger partial charge is 0.273 e. The van der Waals surface area contributed by atoms with Crippen LogP contribution in [0.1, 0.15) is 55.7 Å². The Kier molecular flexibility index (Phi) is 11.3. The van der Waals surface area contributed by atoms with Crippen LogP contribution in [0.25, 0.3) is 0 Å². The zero-order valence-corrected chi connectivity index (χ0v) is 27.9. The predicted octanol–water partition coefficient (Wildman–Crippen LogP) is 5.94. The van der Waals surface area contributed by atoms with Gasteiger partial charge in [-0.15, -0.1) is 0 Å². The number of methoxy groups -OCH3 is 1. The van der Waals surface area contributed by atoms with Gasteiger partial charge in [0.2, 0.25) is 11.8 Å². The molecule has 246 valence electrons. The average Bonchev–Trinajstić information content (AvgIpc) is 3.03. The molecule has 0 saturated heterocycles. The van der Waals surface area contributed by atoms with E-state index in [1.165, 1.54) is 49.3 Å². The Bertz CT molecular complexity index is 1710. The van der Waals surface area contributed by atoms with Crippen LogP contribution in [0.5, 0.6) is 5.75 Å². The van der Waals surface area contributed by atoms with Crippen molar-refractivity contribution < 1.29 is 27.7 Å². The van der Waals surface area contributed by atoms with E-state index in [0.717, 1.165) is 53.6 Å². The van der Waals surface area contributed by atoms with E-state index < -0.39 is 38.3 Å². The molecule has 0 unspecified atom stereocenters. The number of ether oxygens (including phenoxy) is 1. The summed E-state index contributed by atoms with van der Waals surface area (Å²) in [6.45, 7) is 4.31. The van der Waals surface area contributed by atoms with Crippen molar-refractivity contribution in [3.8, 4) is 5.75 Å². The monoisotopic (exact) mass is 670 g/mol. The third-order valence-electron chi connectivity index (χ3n) is 8.37. The van der Waals surface area contributed by atoms with E-state index in [0.29, 0.717) is 0 Å². The highest BCUT2D eigenvalue weighted by Gasteiger charge is 2.35. The molecule has 1 fully saturated rings. The fourth-order valence-corrected chi connectivity index (χ4v) is 7.17. The molecule has 4 rings (SSSR count). The maximum absolute atomic E-state index is 14.3. The number of halogens is 1. The number of sulfonamides is 1. The van der Waals surface area contributed by atoms with E-state index in [9.17, 15) is 28.1 Å². The lowest BCUT2D eigenvalue weighted by atomic mass is 9.95. The summed E-state index contributed by atoms with van der Waals surface area (Å²) in [6.07, 6.45) is 4.84. The number of rotatable bonds is 12. The third kappa shape index (κ3) is 7.97. The topological polar surface area (TPSA) is 139 Å². The normalized spacial score (nSPS) is 14.3. The van der Waals surface area contributed by atoms with Gasteiger partial charge in [-0.2, -0.15) is 0 Å². The van der Waals surface area contributed by atoms with Gasteiger partial charge in [-0.05, 0) is 69.0 Å². The SMILES string of the molecule is COc1ccc(Cl)cc1N(CC(=O)N(Cc1ccccc1C)[C@@H](C)C(=O)NC1CCCCC1)S(=O)(=O)c1ccc(C)c([N+](=O)[O-])c1. The minimum absolute atomic E-state index is 0.00374. The Morgan fingerprint density at radius 2 is 1.74 bits per heavy atom. The zero-order chi connectivity index (χ0) is 33.6. The molecule has 0 radical (unpaired) electrons. The van der Waals surface area contributed by atoms with Gasteiger partial charge in [-0.3, -0.25) is 24.0 Å². The minimum Gasteiger partial charge on any atom is -0.495 e. The zero-order valence-electron chi connectivity index (χ0n) is 26.4. The van der Waals surface area contributed by atoms with Crippen molar-refractivity contribution in [3.63, 3.8) is 0 Å². The first-order valence-corrected chi connectivity index (χ1v) is 16.9. The second kappa shape index (κ2) is 15.0. The van der Waals surface area contributed by atoms with Crippen LogP contribution < -0.4 is 14.4 Å². The Balaban J connectivity index is 1.78. The van der Waals surface area contributed by atoms with Gasteiger partial charge in [0.05, 0.1) is 22.6 Å². The highest BCUT2D eigenvalue weighted by molar-refractivity contribution is 7.92. The number of amides is 2. The number of carbonyl (C=O) groups excluding carboxylic acids is 2. The van der Waals surface area contributed by atoms with E-state index in [1.54, 1.807) is 6.92 Å². The van der Waals surface area contributed by atoms with Gasteiger partial charge in [0.25, 0.3) is 15.7 Å². The Morgan fingerprint density at radius 3 is 2.39 bits per heavy atom. The summed E-state index contributed by atoms with van der Waals surface area (Å²) in [7, 11) is -3.27. The number of aryl methyl sites for hydroxylation is 2. The molecule has 0 spiro atoms. The second-order valence-corrected chi connectivity index (χ2v) is 13.8. The van der Waals surface area contributed by atoms with Crippen molar-refractivity contribution >= 4 is 44.8 Å². The van der Waals surface area contributed by atoms with Crippen molar-refractivity contribution in [1.82, 2.24) is 10.2 Å². The number of nitrogens with zero attached hydrogens (tertiary/aromatic N) is 3. The summed E-state index contributed by atoms with van der Waals surface area (Å²) >= 11 is 6.30. The maximum Gasteiger partial charge on any atom is 0.273 e. The van der Waals surface area contributed by atoms with Gasteiger partial charge < -0.3 is 15.0 Å². The number of hydrogen-bond donors (Lipinski definition) is 1. The van der Waals surface area contributed by atoms with Gasteiger partial charge in [0.1, 0.15) is 18.3 Å². The molecule has 11 nitrogen and oxygen atoms in total. The molecule has 13 heteroatoms. The summed E-state index contributed by atoms with van der Waals surface area (Å²) in [5, 5.41) is 15.0. The summed E-state index contributed by atoms with van der Waals surface area (Å²) < 4.78 is 34.9. The lowest BCUT2D eigenvalue weighted by Gasteiger charge is -2.33. The summed E-state index contributed by atoms with van der Waals surface area (Å²) in [5.41, 5.74) is 1.53. The average molecular weight is 671 g/mol. The van der Waals surface area contributed by atoms with Gasteiger partial charge >= 0.3 is 0 Å². The minimum atomic E-state index is -4.61. The fourth-order valence-electron chi connectivity index (χ4n) is 5.57. The van der Waals surface area contributed by atoms with Crippen molar-refractivity contribution in [2.75, 3.05) is 18.0 Å². The molecule has 1 atom stereocenters. The Morgan fingerprint density at radius 1 is 1.04 bits per heavy atom.